The Labute approximate surface area is 200 Å². The van der Waals surface area contributed by atoms with Gasteiger partial charge in [0.2, 0.25) is 11.8 Å². The van der Waals surface area contributed by atoms with Crippen LogP contribution in [0.1, 0.15) is 26.7 Å². The van der Waals surface area contributed by atoms with Gasteiger partial charge in [0.05, 0.1) is 6.61 Å². The van der Waals surface area contributed by atoms with E-state index in [9.17, 15) is 9.59 Å². The smallest absolute Gasteiger partial charge is 0.247 e. The molecule has 0 saturated carbocycles. The zero-order valence-electron chi connectivity index (χ0n) is 20.5. The fourth-order valence-electron chi connectivity index (χ4n) is 2.58. The second-order valence-corrected chi connectivity index (χ2v) is 6.95. The molecule has 0 saturated heterocycles. The van der Waals surface area contributed by atoms with Crippen LogP contribution < -0.4 is 38.9 Å². The summed E-state index contributed by atoms with van der Waals surface area (Å²) in [5.41, 5.74) is 22.6. The number of nitrogens with two attached hydrogens (primary N) is 4. The molecule has 0 fully saturated rings. The van der Waals surface area contributed by atoms with Crippen molar-refractivity contribution < 1.29 is 14.3 Å². The maximum absolute atomic E-state index is 13.1. The Bertz CT molecular complexity index is 709. The molecule has 194 valence electrons. The van der Waals surface area contributed by atoms with Crippen molar-refractivity contribution in [2.75, 3.05) is 53.5 Å². The Kier molecular flexibility index (Phi) is 16.0. The lowest BCUT2D eigenvalue weighted by Gasteiger charge is -2.27. The van der Waals surface area contributed by atoms with E-state index in [4.69, 9.17) is 27.7 Å². The molecule has 2 amide bonds. The molecule has 11 N–H and O–H groups in total. The molecule has 0 aromatic carbocycles. The van der Waals surface area contributed by atoms with Crippen molar-refractivity contribution in [1.82, 2.24) is 20.9 Å². The highest BCUT2D eigenvalue weighted by molar-refractivity contribution is 5.97. The van der Waals surface area contributed by atoms with Crippen molar-refractivity contribution in [2.45, 2.75) is 32.7 Å². The lowest BCUT2D eigenvalue weighted by molar-refractivity contribution is -0.137. The lowest BCUT2D eigenvalue weighted by Crippen LogP contribution is -2.51. The van der Waals surface area contributed by atoms with E-state index < -0.39 is 6.04 Å². The number of hydrogen-bond donors (Lipinski definition) is 7. The minimum Gasteiger partial charge on any atom is -0.379 e. The first kappa shape index (κ1) is 30.4. The Morgan fingerprint density at radius 2 is 1.35 bits per heavy atom. The molecule has 0 spiro atoms. The van der Waals surface area contributed by atoms with Crippen LogP contribution in [0.4, 0.5) is 0 Å². The van der Waals surface area contributed by atoms with Gasteiger partial charge in [-0.2, -0.15) is 0 Å². The Hall–Kier alpha value is -3.62. The number of guanidine groups is 4. The van der Waals surface area contributed by atoms with Crippen LogP contribution in [-0.4, -0.2) is 100 Å². The highest BCUT2D eigenvalue weighted by Crippen LogP contribution is 2.02. The maximum Gasteiger partial charge on any atom is 0.247 e. The molecule has 0 heterocycles. The molecule has 0 aliphatic rings. The largest absolute Gasteiger partial charge is 0.379 e. The minimum absolute atomic E-state index is 0.0702. The second kappa shape index (κ2) is 17.9. The van der Waals surface area contributed by atoms with Crippen molar-refractivity contribution in [2.24, 2.45) is 42.9 Å². The zero-order chi connectivity index (χ0) is 25.9. The highest BCUT2D eigenvalue weighted by atomic mass is 16.5. The van der Waals surface area contributed by atoms with Crippen LogP contribution in [0.15, 0.2) is 20.0 Å². The number of hydrogen-bond acceptors (Lipinski definition) is 7. The van der Waals surface area contributed by atoms with Gasteiger partial charge < -0.3 is 37.9 Å². The molecule has 0 radical (unpaired) electrons. The van der Waals surface area contributed by atoms with Gasteiger partial charge in [0.25, 0.3) is 0 Å². The number of nitrogens with zero attached hydrogens (tertiary/aromatic N) is 5. The van der Waals surface area contributed by atoms with Crippen molar-refractivity contribution in [1.29, 1.82) is 0 Å². The van der Waals surface area contributed by atoms with Crippen LogP contribution in [0.2, 0.25) is 0 Å². The molecule has 34 heavy (non-hydrogen) atoms. The molecule has 0 bridgehead atoms. The van der Waals surface area contributed by atoms with Crippen LogP contribution in [0.5, 0.6) is 0 Å². The summed E-state index contributed by atoms with van der Waals surface area (Å²) in [6, 6.07) is -0.802. The Morgan fingerprint density at radius 1 is 0.882 bits per heavy atom. The van der Waals surface area contributed by atoms with Crippen LogP contribution in [0.3, 0.4) is 0 Å². The van der Waals surface area contributed by atoms with Gasteiger partial charge in [-0.15, -0.1) is 0 Å². The third-order valence-corrected chi connectivity index (χ3v) is 4.21. The van der Waals surface area contributed by atoms with Gasteiger partial charge in [-0.25, -0.2) is 0 Å². The second-order valence-electron chi connectivity index (χ2n) is 6.95. The molecule has 1 atom stereocenters. The van der Waals surface area contributed by atoms with E-state index in [1.54, 1.807) is 4.90 Å². The van der Waals surface area contributed by atoms with E-state index in [0.29, 0.717) is 45.6 Å². The zero-order valence-corrected chi connectivity index (χ0v) is 20.5. The van der Waals surface area contributed by atoms with Crippen molar-refractivity contribution >= 4 is 35.7 Å². The monoisotopic (exact) mass is 484 g/mol. The third-order valence-electron chi connectivity index (χ3n) is 4.21. The Balaban J connectivity index is 5.14. The van der Waals surface area contributed by atoms with E-state index in [-0.39, 0.29) is 42.3 Å². The summed E-state index contributed by atoms with van der Waals surface area (Å²) >= 11 is 0. The fraction of sp³-hybridized carbons (Fsp3) is 0.684. The van der Waals surface area contributed by atoms with Gasteiger partial charge in [0.1, 0.15) is 6.04 Å². The van der Waals surface area contributed by atoms with Crippen LogP contribution in [0.25, 0.3) is 0 Å². The van der Waals surface area contributed by atoms with E-state index in [0.717, 1.165) is 0 Å². The van der Waals surface area contributed by atoms with E-state index in [1.165, 1.54) is 21.0 Å². The predicted molar refractivity (Wildman–Crippen MR) is 134 cm³/mol. The molecule has 0 aromatic rings. The summed E-state index contributed by atoms with van der Waals surface area (Å²) in [6.07, 6.45) is 1.05. The first-order valence-corrected chi connectivity index (χ1v) is 10.9. The van der Waals surface area contributed by atoms with Gasteiger partial charge in [-0.05, 0) is 19.8 Å². The average molecular weight is 485 g/mol. The summed E-state index contributed by atoms with van der Waals surface area (Å²) in [5.74, 6) is -0.0445. The summed E-state index contributed by atoms with van der Waals surface area (Å²) in [5, 5.41) is 7.91. The molecular formula is C19H40N12O3. The van der Waals surface area contributed by atoms with Gasteiger partial charge in [0, 0.05) is 53.8 Å². The van der Waals surface area contributed by atoms with Gasteiger partial charge in [-0.1, -0.05) is 0 Å². The molecule has 0 aliphatic heterocycles. The normalized spacial score (nSPS) is 13.9. The first-order valence-electron chi connectivity index (χ1n) is 10.9. The topological polar surface area (TPSA) is 236 Å². The molecular weight excluding hydrogens is 444 g/mol. The Morgan fingerprint density at radius 3 is 1.74 bits per heavy atom. The average Bonchev–Trinajstić information content (AvgIpc) is 2.79. The summed E-state index contributed by atoms with van der Waals surface area (Å²) in [4.78, 5) is 42.1. The molecule has 15 nitrogen and oxygen atoms in total. The summed E-state index contributed by atoms with van der Waals surface area (Å²) in [7, 11) is 3.04. The maximum atomic E-state index is 13.1. The summed E-state index contributed by atoms with van der Waals surface area (Å²) in [6.45, 7) is 5.10. The van der Waals surface area contributed by atoms with Crippen molar-refractivity contribution in [3.8, 4) is 0 Å². The number of carbonyl (C=O) groups excluding carboxylic acids is 2. The van der Waals surface area contributed by atoms with E-state index >= 15 is 0 Å². The van der Waals surface area contributed by atoms with Crippen LogP contribution in [-0.2, 0) is 14.3 Å². The van der Waals surface area contributed by atoms with Gasteiger partial charge >= 0.3 is 0 Å². The number of carbonyl (C=O) groups is 2. The SMILES string of the molecule is CCOC[C@@H](NC(C)=O)C(=O)N(CCCN=C(N)NC(N)=NC)CCCN=C(N)NC(N)=NC. The number of aliphatic imine (C=N–C) groups is 4. The third kappa shape index (κ3) is 14.4. The lowest BCUT2D eigenvalue weighted by atomic mass is 10.2. The number of amides is 2. The van der Waals surface area contributed by atoms with Crippen molar-refractivity contribution in [3.05, 3.63) is 0 Å². The first-order chi connectivity index (χ1) is 16.1. The van der Waals surface area contributed by atoms with Gasteiger partial charge in [-0.3, -0.25) is 40.2 Å². The molecule has 0 aliphatic carbocycles. The summed E-state index contributed by atoms with van der Waals surface area (Å²) < 4.78 is 5.38. The number of ether oxygens (including phenoxy) is 1. The standard InChI is InChI=1S/C19H40N12O3/c1-5-34-12-14(28-13(2)32)15(33)31(10-6-8-26-18(22)29-16(20)24-3)11-7-9-27-19(23)30-17(21)25-4/h14H,5-12H2,1-4H3,(H,28,32)(H5,20,22,24,26,29)(H5,21,23,25,27,30)/t14-/m1/s1. The molecule has 15 heteroatoms. The molecule has 0 aromatic heterocycles. The fourth-order valence-corrected chi connectivity index (χ4v) is 2.58. The number of nitrogens with one attached hydrogen (secondary N) is 3. The van der Waals surface area contributed by atoms with E-state index in [2.05, 4.69) is 35.9 Å². The number of rotatable bonds is 13. The van der Waals surface area contributed by atoms with Crippen LogP contribution in [0, 0.1) is 0 Å². The van der Waals surface area contributed by atoms with Crippen LogP contribution >= 0.6 is 0 Å². The predicted octanol–water partition coefficient (Wildman–Crippen LogP) is -3.17. The van der Waals surface area contributed by atoms with Crippen molar-refractivity contribution in [3.63, 3.8) is 0 Å². The van der Waals surface area contributed by atoms with Gasteiger partial charge in [0.15, 0.2) is 23.8 Å². The quantitative estimate of drug-likeness (QED) is 0.0791. The molecule has 0 rings (SSSR count). The minimum atomic E-state index is -0.802. The molecule has 0 unspecified atom stereocenters. The van der Waals surface area contributed by atoms with E-state index in [1.807, 2.05) is 6.92 Å². The highest BCUT2D eigenvalue weighted by Gasteiger charge is 2.25.